The average molecular weight is 1010 g/mol. The van der Waals surface area contributed by atoms with Gasteiger partial charge in [-0.1, -0.05) is 72.8 Å². The Hall–Kier alpha value is -9.04. The molecule has 5 aromatic carbocycles. The first-order chi connectivity index (χ1) is 35.7. The Morgan fingerprint density at radius 2 is 1.04 bits per heavy atom. The molecule has 0 spiro atoms. The van der Waals surface area contributed by atoms with E-state index in [1.54, 1.807) is 72.8 Å². The van der Waals surface area contributed by atoms with E-state index in [9.17, 15) is 38.4 Å². The van der Waals surface area contributed by atoms with E-state index in [1.807, 2.05) is 0 Å². The van der Waals surface area contributed by atoms with Gasteiger partial charge in [0.05, 0.1) is 33.9 Å². The molecule has 1 amide bonds. The van der Waals surface area contributed by atoms with Gasteiger partial charge in [0.15, 0.2) is 42.0 Å². The van der Waals surface area contributed by atoms with Crippen LogP contribution in [0.1, 0.15) is 78.1 Å². The van der Waals surface area contributed by atoms with Crippen LogP contribution in [-0.4, -0.2) is 116 Å². The van der Waals surface area contributed by atoms with Gasteiger partial charge in [-0.3, -0.25) is 19.2 Å². The summed E-state index contributed by atoms with van der Waals surface area (Å²) in [4.78, 5) is 109. The minimum absolute atomic E-state index is 0.00647. The van der Waals surface area contributed by atoms with Crippen LogP contribution in [0.5, 0.6) is 17.2 Å². The van der Waals surface area contributed by atoms with Crippen molar-refractivity contribution in [3.8, 4) is 17.2 Å². The summed E-state index contributed by atoms with van der Waals surface area (Å²) >= 11 is 0. The van der Waals surface area contributed by atoms with Crippen LogP contribution in [-0.2, 0) is 52.3 Å². The molecule has 380 valence electrons. The van der Waals surface area contributed by atoms with Crippen LogP contribution in [0, 0.1) is 0 Å². The predicted molar refractivity (Wildman–Crippen MR) is 251 cm³/mol. The highest BCUT2D eigenvalue weighted by atomic mass is 16.7. The fourth-order valence-electron chi connectivity index (χ4n) is 8.82. The molecule has 74 heavy (non-hydrogen) atoms. The molecule has 0 radical (unpaired) electrons. The van der Waals surface area contributed by atoms with Gasteiger partial charge < -0.3 is 57.4 Å². The Balaban J connectivity index is 1.20. The van der Waals surface area contributed by atoms with Gasteiger partial charge in [0.2, 0.25) is 24.9 Å². The van der Waals surface area contributed by atoms with Crippen LogP contribution in [0.25, 0.3) is 5.57 Å². The minimum atomic E-state index is -1.97. The second kappa shape index (κ2) is 21.8. The van der Waals surface area contributed by atoms with E-state index < -0.39 is 116 Å². The molecule has 1 fully saturated rings. The fourth-order valence-corrected chi connectivity index (χ4v) is 8.82. The minimum Gasteiger partial charge on any atom is -0.459 e. The third-order valence-electron chi connectivity index (χ3n) is 12.0. The maximum atomic E-state index is 14.8. The quantitative estimate of drug-likeness (QED) is 0.109. The van der Waals surface area contributed by atoms with E-state index in [-0.39, 0.29) is 56.2 Å². The lowest BCUT2D eigenvalue weighted by molar-refractivity contribution is -0.275. The molecule has 3 heterocycles. The Kier molecular flexibility index (Phi) is 14.7. The highest BCUT2D eigenvalue weighted by molar-refractivity contribution is 6.08. The predicted octanol–water partition coefficient (Wildman–Crippen LogP) is 5.36. The zero-order valence-corrected chi connectivity index (χ0v) is 39.6. The third kappa shape index (κ3) is 10.7. The van der Waals surface area contributed by atoms with E-state index in [0.29, 0.717) is 0 Å². The molecular weight excluding hydrogens is 967 g/mol. The average Bonchev–Trinajstić information content (AvgIpc) is 3.88. The maximum absolute atomic E-state index is 14.8. The summed E-state index contributed by atoms with van der Waals surface area (Å²) in [5, 5.41) is 2.79. The highest BCUT2D eigenvalue weighted by Crippen LogP contribution is 2.51. The first-order valence-corrected chi connectivity index (χ1v) is 23.1. The summed E-state index contributed by atoms with van der Waals surface area (Å²) in [6.45, 7) is 2.23. The summed E-state index contributed by atoms with van der Waals surface area (Å²) in [5.74, 6) is -7.55. The van der Waals surface area contributed by atoms with Crippen molar-refractivity contribution in [1.82, 2.24) is 5.32 Å². The van der Waals surface area contributed by atoms with Crippen LogP contribution >= 0.6 is 0 Å². The second-order valence-corrected chi connectivity index (χ2v) is 17.0. The molecule has 0 saturated carbocycles. The van der Waals surface area contributed by atoms with Crippen molar-refractivity contribution in [2.45, 2.75) is 75.8 Å². The maximum Gasteiger partial charge on any atom is 0.338 e. The lowest BCUT2D eigenvalue weighted by Crippen LogP contribution is -2.64. The van der Waals surface area contributed by atoms with Crippen molar-refractivity contribution in [2.24, 2.45) is 0 Å². The van der Waals surface area contributed by atoms with E-state index in [0.717, 1.165) is 20.8 Å². The van der Waals surface area contributed by atoms with Crippen molar-refractivity contribution in [2.75, 3.05) is 13.4 Å². The van der Waals surface area contributed by atoms with Crippen LogP contribution in [0.15, 0.2) is 133 Å². The van der Waals surface area contributed by atoms with Crippen molar-refractivity contribution >= 4 is 53.3 Å². The molecule has 20 heteroatoms. The molecule has 3 aliphatic heterocycles. The molecule has 5 aromatic rings. The number of benzene rings is 5. The Morgan fingerprint density at radius 3 is 1.57 bits per heavy atom. The molecular formula is C54H45NO19. The van der Waals surface area contributed by atoms with Crippen molar-refractivity contribution in [1.29, 1.82) is 0 Å². The standard InChI is InChI=1S/C54H45NO19/c1-28(56)67-38-25-36-35-24-37-42(66-27-65-37)45(40(35)49(59)55-41(36)46(69-30(3)58)43(38)68-29(2)57)74-54-48(73-53(63)34-22-14-7-15-23-34)47(72-52(62)33-20-12-6-13-21-33)44(71-51(61)32-18-10-5-11-19-32)39(70-54)26-64-50(60)31-16-8-4-9-17-31/h4-25,38-39,41,43-44,46-48,54H,26-27H2,1-3H3,(H,55,59)/t38-,39+,41+,43-,44+,46-,47-,48+,54+/m0/s1. The van der Waals surface area contributed by atoms with Gasteiger partial charge in [0.1, 0.15) is 12.7 Å². The smallest absolute Gasteiger partial charge is 0.338 e. The van der Waals surface area contributed by atoms with Crippen molar-refractivity contribution < 1.29 is 90.5 Å². The zero-order chi connectivity index (χ0) is 52.0. The Bertz CT molecular complexity index is 3000. The van der Waals surface area contributed by atoms with Gasteiger partial charge in [0, 0.05) is 26.3 Å². The van der Waals surface area contributed by atoms with Crippen LogP contribution in [0.4, 0.5) is 0 Å². The van der Waals surface area contributed by atoms with Gasteiger partial charge >= 0.3 is 41.8 Å². The molecule has 1 aliphatic carbocycles. The van der Waals surface area contributed by atoms with E-state index in [2.05, 4.69) is 5.32 Å². The molecule has 4 aliphatic rings. The Labute approximate surface area is 421 Å². The second-order valence-electron chi connectivity index (χ2n) is 17.0. The molecule has 9 atom stereocenters. The SMILES string of the molecule is CC(=O)O[C@@H]1[C@@H](OC(C)=O)[C@@H]2NC(=O)c3c(cc4c(c3O[C@H]3O[C@H](COC(=O)c5ccccc5)[C@@H](OC(=O)c5ccccc5)[C@H](OC(=O)c5ccccc5)[C@H]3OC(=O)c3ccccc3)OCO4)C2=C[C@@H]1OC(C)=O. The van der Waals surface area contributed by atoms with E-state index in [1.165, 1.54) is 60.7 Å². The van der Waals surface area contributed by atoms with Gasteiger partial charge in [0.25, 0.3) is 5.91 Å². The molecule has 20 nitrogen and oxygen atoms in total. The summed E-state index contributed by atoms with van der Waals surface area (Å²) in [6, 6.07) is 31.4. The first kappa shape index (κ1) is 49.9. The van der Waals surface area contributed by atoms with Crippen LogP contribution in [0.2, 0.25) is 0 Å². The summed E-state index contributed by atoms with van der Waals surface area (Å²) in [5.41, 5.74) is 0.264. The molecule has 9 rings (SSSR count). The number of esters is 7. The number of hydrogen-bond donors (Lipinski definition) is 1. The van der Waals surface area contributed by atoms with Crippen molar-refractivity contribution in [3.63, 3.8) is 0 Å². The largest absolute Gasteiger partial charge is 0.459 e. The topological polar surface area (TPSA) is 250 Å². The van der Waals surface area contributed by atoms with E-state index in [4.69, 9.17) is 52.1 Å². The summed E-state index contributed by atoms with van der Waals surface area (Å²) in [6.07, 6.45) is -11.9. The normalized spacial score (nSPS) is 23.1. The monoisotopic (exact) mass is 1010 g/mol. The van der Waals surface area contributed by atoms with Gasteiger partial charge in [-0.25, -0.2) is 19.2 Å². The molecule has 0 aromatic heterocycles. The molecule has 1 saturated heterocycles. The van der Waals surface area contributed by atoms with Crippen LogP contribution in [0.3, 0.4) is 0 Å². The van der Waals surface area contributed by atoms with Gasteiger partial charge in [-0.15, -0.1) is 0 Å². The third-order valence-corrected chi connectivity index (χ3v) is 12.0. The number of hydrogen-bond acceptors (Lipinski definition) is 19. The summed E-state index contributed by atoms with van der Waals surface area (Å²) in [7, 11) is 0. The lowest BCUT2D eigenvalue weighted by atomic mass is 9.79. The first-order valence-electron chi connectivity index (χ1n) is 23.1. The fraction of sp³-hybridized carbons (Fsp3) is 0.259. The highest BCUT2D eigenvalue weighted by Gasteiger charge is 2.56. The number of rotatable bonds is 14. The number of amides is 1. The number of nitrogens with one attached hydrogen (secondary N) is 1. The number of carbonyl (C=O) groups is 8. The number of fused-ring (bicyclic) bond motifs is 4. The lowest BCUT2D eigenvalue weighted by Gasteiger charge is -2.45. The number of ether oxygens (including phenoxy) is 11. The van der Waals surface area contributed by atoms with E-state index >= 15 is 0 Å². The molecule has 0 bridgehead atoms. The number of carbonyl (C=O) groups excluding carboxylic acids is 8. The molecule has 0 unspecified atom stereocenters. The van der Waals surface area contributed by atoms with Gasteiger partial charge in [-0.05, 0) is 66.2 Å². The Morgan fingerprint density at radius 1 is 0.554 bits per heavy atom. The summed E-state index contributed by atoms with van der Waals surface area (Å²) < 4.78 is 66.3. The van der Waals surface area contributed by atoms with Crippen LogP contribution < -0.4 is 19.5 Å². The zero-order valence-electron chi connectivity index (χ0n) is 39.6. The molecule has 1 N–H and O–H groups in total. The van der Waals surface area contributed by atoms with Gasteiger partial charge in [-0.2, -0.15) is 0 Å². The van der Waals surface area contributed by atoms with Crippen molar-refractivity contribution in [3.05, 3.63) is 167 Å².